The molecule has 0 amide bonds. The monoisotopic (exact) mass is 306 g/mol. The summed E-state index contributed by atoms with van der Waals surface area (Å²) in [5, 5.41) is 24.7. The third-order valence-corrected chi connectivity index (χ3v) is 2.57. The van der Waals surface area contributed by atoms with E-state index in [4.69, 9.17) is 26.8 Å². The van der Waals surface area contributed by atoms with Crippen molar-refractivity contribution in [2.75, 3.05) is 6.54 Å². The molecular formula is C13H26N2O6. The van der Waals surface area contributed by atoms with Crippen LogP contribution in [0.4, 0.5) is 0 Å². The molecule has 0 saturated carbocycles. The molecule has 7 N–H and O–H groups in total. The summed E-state index contributed by atoms with van der Waals surface area (Å²) in [6, 6.07) is -0.716. The van der Waals surface area contributed by atoms with Gasteiger partial charge in [-0.1, -0.05) is 12.8 Å². The van der Waals surface area contributed by atoms with Crippen LogP contribution in [0.2, 0.25) is 0 Å². The summed E-state index contributed by atoms with van der Waals surface area (Å²) >= 11 is 0. The molecule has 0 aromatic heterocycles. The first-order valence-electron chi connectivity index (χ1n) is 6.93. The lowest BCUT2D eigenvalue weighted by Crippen LogP contribution is -2.29. The fourth-order valence-corrected chi connectivity index (χ4v) is 1.36. The molecule has 0 aromatic rings. The summed E-state index contributed by atoms with van der Waals surface area (Å²) in [6.07, 6.45) is 4.26. The number of aliphatic carboxylic acids is 3. The van der Waals surface area contributed by atoms with E-state index >= 15 is 0 Å². The number of rotatable bonds is 11. The highest BCUT2D eigenvalue weighted by Crippen LogP contribution is 2.02. The summed E-state index contributed by atoms with van der Waals surface area (Å²) in [4.78, 5) is 30.1. The molecule has 8 heteroatoms. The summed E-state index contributed by atoms with van der Waals surface area (Å²) in [7, 11) is 0. The largest absolute Gasteiger partial charge is 0.481 e. The zero-order chi connectivity index (χ0) is 16.7. The van der Waals surface area contributed by atoms with Gasteiger partial charge in [-0.05, 0) is 32.2 Å². The molecule has 0 saturated heterocycles. The predicted molar refractivity (Wildman–Crippen MR) is 76.9 cm³/mol. The van der Waals surface area contributed by atoms with E-state index in [1.165, 1.54) is 0 Å². The summed E-state index contributed by atoms with van der Waals surface area (Å²) in [6.45, 7) is 0.604. The predicted octanol–water partition coefficient (Wildman–Crippen LogP) is 0.633. The second kappa shape index (κ2) is 14.7. The molecule has 0 unspecified atom stereocenters. The van der Waals surface area contributed by atoms with Crippen LogP contribution >= 0.6 is 0 Å². The van der Waals surface area contributed by atoms with Crippen LogP contribution in [0.15, 0.2) is 0 Å². The highest BCUT2D eigenvalue weighted by molar-refractivity contribution is 5.72. The minimum absolute atomic E-state index is 0.139. The van der Waals surface area contributed by atoms with Crippen molar-refractivity contribution in [3.63, 3.8) is 0 Å². The van der Waals surface area contributed by atoms with Crippen molar-refractivity contribution in [3.05, 3.63) is 0 Å². The maximum atomic E-state index is 10.1. The van der Waals surface area contributed by atoms with E-state index < -0.39 is 23.9 Å². The van der Waals surface area contributed by atoms with Crippen molar-refractivity contribution < 1.29 is 29.7 Å². The first kappa shape index (κ1) is 21.6. The Hall–Kier alpha value is -1.67. The van der Waals surface area contributed by atoms with E-state index in [1.807, 2.05) is 0 Å². The van der Waals surface area contributed by atoms with E-state index in [0.29, 0.717) is 32.2 Å². The first-order chi connectivity index (χ1) is 9.81. The normalized spacial score (nSPS) is 11.1. The number of hydrogen-bond donors (Lipinski definition) is 5. The Morgan fingerprint density at radius 2 is 1.29 bits per heavy atom. The second-order valence-electron chi connectivity index (χ2n) is 4.58. The van der Waals surface area contributed by atoms with Gasteiger partial charge in [0, 0.05) is 12.8 Å². The first-order valence-corrected chi connectivity index (χ1v) is 6.93. The Labute approximate surface area is 124 Å². The van der Waals surface area contributed by atoms with Crippen molar-refractivity contribution in [2.45, 2.75) is 57.4 Å². The zero-order valence-corrected chi connectivity index (χ0v) is 12.2. The highest BCUT2D eigenvalue weighted by atomic mass is 16.4. The molecule has 0 aliphatic carbocycles. The lowest BCUT2D eigenvalue weighted by atomic mass is 10.1. The van der Waals surface area contributed by atoms with Crippen LogP contribution in [0.25, 0.3) is 0 Å². The van der Waals surface area contributed by atoms with Gasteiger partial charge in [-0.2, -0.15) is 0 Å². The maximum absolute atomic E-state index is 10.1. The lowest BCUT2D eigenvalue weighted by molar-refractivity contribution is -0.139. The Morgan fingerprint density at radius 3 is 1.62 bits per heavy atom. The van der Waals surface area contributed by atoms with Crippen LogP contribution < -0.4 is 11.5 Å². The van der Waals surface area contributed by atoms with Crippen LogP contribution in [0.3, 0.4) is 0 Å². The van der Waals surface area contributed by atoms with E-state index in [2.05, 4.69) is 0 Å². The SMILES string of the molecule is NCCCC[C@H](N)C(=O)O.O=C(O)CCCCCC(=O)O. The van der Waals surface area contributed by atoms with Crippen LogP contribution in [-0.2, 0) is 14.4 Å². The Kier molecular flexibility index (Phi) is 15.2. The Balaban J connectivity index is 0. The molecule has 0 aliphatic heterocycles. The average Bonchev–Trinajstić information content (AvgIpc) is 2.38. The minimum Gasteiger partial charge on any atom is -0.481 e. The molecule has 0 fully saturated rings. The molecule has 0 aliphatic rings. The van der Waals surface area contributed by atoms with Gasteiger partial charge >= 0.3 is 17.9 Å². The van der Waals surface area contributed by atoms with Gasteiger partial charge < -0.3 is 26.8 Å². The Bertz CT molecular complexity index is 293. The van der Waals surface area contributed by atoms with E-state index in [0.717, 1.165) is 12.8 Å². The quantitative estimate of drug-likeness (QED) is 0.347. The van der Waals surface area contributed by atoms with Gasteiger partial charge in [0.15, 0.2) is 0 Å². The number of unbranched alkanes of at least 4 members (excludes halogenated alkanes) is 3. The highest BCUT2D eigenvalue weighted by Gasteiger charge is 2.09. The number of hydrogen-bond acceptors (Lipinski definition) is 5. The fourth-order valence-electron chi connectivity index (χ4n) is 1.36. The third-order valence-electron chi connectivity index (χ3n) is 2.57. The summed E-state index contributed by atoms with van der Waals surface area (Å²) in [5.74, 6) is -2.57. The number of carbonyl (C=O) groups is 3. The molecular weight excluding hydrogens is 280 g/mol. The zero-order valence-electron chi connectivity index (χ0n) is 12.2. The van der Waals surface area contributed by atoms with Crippen molar-refractivity contribution in [1.29, 1.82) is 0 Å². The van der Waals surface area contributed by atoms with Crippen LogP contribution in [0, 0.1) is 0 Å². The fraction of sp³-hybridized carbons (Fsp3) is 0.769. The van der Waals surface area contributed by atoms with Gasteiger partial charge in [0.25, 0.3) is 0 Å². The Morgan fingerprint density at radius 1 is 0.810 bits per heavy atom. The number of carboxylic acid groups (broad SMARTS) is 3. The minimum atomic E-state index is -0.933. The maximum Gasteiger partial charge on any atom is 0.320 e. The van der Waals surface area contributed by atoms with E-state index in [9.17, 15) is 14.4 Å². The van der Waals surface area contributed by atoms with Crippen LogP contribution in [0.1, 0.15) is 51.4 Å². The van der Waals surface area contributed by atoms with Gasteiger partial charge in [-0.25, -0.2) is 0 Å². The smallest absolute Gasteiger partial charge is 0.320 e. The molecule has 0 spiro atoms. The molecule has 0 heterocycles. The van der Waals surface area contributed by atoms with Crippen molar-refractivity contribution in [2.24, 2.45) is 11.5 Å². The van der Waals surface area contributed by atoms with Gasteiger partial charge in [-0.3, -0.25) is 14.4 Å². The summed E-state index contributed by atoms with van der Waals surface area (Å²) < 4.78 is 0. The van der Waals surface area contributed by atoms with Crippen molar-refractivity contribution >= 4 is 17.9 Å². The third kappa shape index (κ3) is 20.8. The molecule has 1 atom stereocenters. The second-order valence-corrected chi connectivity index (χ2v) is 4.58. The van der Waals surface area contributed by atoms with Crippen LogP contribution in [0.5, 0.6) is 0 Å². The van der Waals surface area contributed by atoms with E-state index in [-0.39, 0.29) is 12.8 Å². The van der Waals surface area contributed by atoms with Crippen molar-refractivity contribution in [3.8, 4) is 0 Å². The molecule has 0 aromatic carbocycles. The molecule has 0 radical (unpaired) electrons. The average molecular weight is 306 g/mol. The number of carboxylic acids is 3. The van der Waals surface area contributed by atoms with Gasteiger partial charge in [0.1, 0.15) is 6.04 Å². The van der Waals surface area contributed by atoms with Gasteiger partial charge in [-0.15, -0.1) is 0 Å². The molecule has 124 valence electrons. The molecule has 8 nitrogen and oxygen atoms in total. The molecule has 0 rings (SSSR count). The molecule has 0 bridgehead atoms. The summed E-state index contributed by atoms with van der Waals surface area (Å²) in [5.41, 5.74) is 10.4. The lowest BCUT2D eigenvalue weighted by Gasteiger charge is -2.03. The van der Waals surface area contributed by atoms with Gasteiger partial charge in [0.05, 0.1) is 0 Å². The van der Waals surface area contributed by atoms with E-state index in [1.54, 1.807) is 0 Å². The van der Waals surface area contributed by atoms with Crippen LogP contribution in [-0.4, -0.2) is 45.8 Å². The van der Waals surface area contributed by atoms with Crippen molar-refractivity contribution in [1.82, 2.24) is 0 Å². The van der Waals surface area contributed by atoms with Gasteiger partial charge in [0.2, 0.25) is 0 Å². The number of nitrogens with two attached hydrogens (primary N) is 2. The standard InChI is InChI=1S/C7H12O4.C6H14N2O2/c8-6(9)4-2-1-3-5-7(10)11;7-4-2-1-3-5(8)6(9)10/h1-5H2,(H,8,9)(H,10,11);5H,1-4,7-8H2,(H,9,10)/t;5-/m.0/s1. The molecule has 21 heavy (non-hydrogen) atoms. The topological polar surface area (TPSA) is 164 Å².